The van der Waals surface area contributed by atoms with Crippen LogP contribution in [0, 0.1) is 0 Å². The van der Waals surface area contributed by atoms with Crippen LogP contribution >= 0.6 is 11.3 Å². The van der Waals surface area contributed by atoms with Gasteiger partial charge in [0.25, 0.3) is 10.0 Å². The zero-order chi connectivity index (χ0) is 16.0. The Balaban J connectivity index is 1.90. The smallest absolute Gasteiger partial charge is 0.325 e. The summed E-state index contributed by atoms with van der Waals surface area (Å²) in [5.41, 5.74) is 4.86. The summed E-state index contributed by atoms with van der Waals surface area (Å²) in [6.45, 7) is 0. The molecule has 22 heavy (non-hydrogen) atoms. The summed E-state index contributed by atoms with van der Waals surface area (Å²) in [7, 11) is -3.91. The molecule has 0 radical (unpaired) electrons. The Bertz CT molecular complexity index is 816. The first-order valence-corrected chi connectivity index (χ1v) is 8.83. The topological polar surface area (TPSA) is 109 Å². The molecule has 1 aromatic carbocycles. The van der Waals surface area contributed by atoms with E-state index >= 15 is 0 Å². The fourth-order valence-corrected chi connectivity index (χ4v) is 5.01. The Morgan fingerprint density at radius 2 is 1.95 bits per heavy atom. The maximum Gasteiger partial charge on any atom is 0.325 e. The first kappa shape index (κ1) is 15.0. The van der Waals surface area contributed by atoms with Gasteiger partial charge in [-0.15, -0.1) is 11.3 Å². The highest BCUT2D eigenvalue weighted by atomic mass is 32.2. The van der Waals surface area contributed by atoms with Gasteiger partial charge in [0.2, 0.25) is 0 Å². The number of benzene rings is 1. The molecule has 8 heteroatoms. The number of rotatable bonds is 5. The van der Waals surface area contributed by atoms with E-state index in [0.717, 1.165) is 16.9 Å². The first-order valence-electron chi connectivity index (χ1n) is 6.53. The molecule has 1 aromatic heterocycles. The third-order valence-corrected chi connectivity index (χ3v) is 6.64. The van der Waals surface area contributed by atoms with Crippen LogP contribution in [-0.2, 0) is 14.8 Å². The Morgan fingerprint density at radius 1 is 1.27 bits per heavy atom. The van der Waals surface area contributed by atoms with Crippen LogP contribution in [0.4, 0.5) is 5.00 Å². The molecular weight excluding hydrogens is 324 g/mol. The van der Waals surface area contributed by atoms with Crippen molar-refractivity contribution in [1.29, 1.82) is 0 Å². The molecule has 0 amide bonds. The van der Waals surface area contributed by atoms with E-state index in [-0.39, 0.29) is 16.5 Å². The zero-order valence-electron chi connectivity index (χ0n) is 11.4. The zero-order valence-corrected chi connectivity index (χ0v) is 13.0. The van der Waals surface area contributed by atoms with E-state index < -0.39 is 21.5 Å². The van der Waals surface area contributed by atoms with Gasteiger partial charge in [0, 0.05) is 5.92 Å². The number of anilines is 1. The van der Waals surface area contributed by atoms with Gasteiger partial charge in [0.1, 0.15) is 9.75 Å². The quantitative estimate of drug-likeness (QED) is 0.767. The van der Waals surface area contributed by atoms with Crippen molar-refractivity contribution in [2.45, 2.75) is 22.1 Å². The Hall–Kier alpha value is -1.90. The average Bonchev–Trinajstić information content (AvgIpc) is 3.02. The second-order valence-corrected chi connectivity index (χ2v) is 8.23. The minimum atomic E-state index is -3.91. The molecule has 6 nitrogen and oxygen atoms in total. The number of nitrogen functional groups attached to an aromatic ring is 1. The lowest BCUT2D eigenvalue weighted by Crippen LogP contribution is -2.44. The summed E-state index contributed by atoms with van der Waals surface area (Å²) in [5.74, 6) is -1.55. The summed E-state index contributed by atoms with van der Waals surface area (Å²) in [4.78, 5) is 11.6. The Morgan fingerprint density at radius 3 is 2.50 bits per heavy atom. The van der Waals surface area contributed by atoms with E-state index in [1.807, 2.05) is 6.07 Å². The molecule has 1 heterocycles. The van der Waals surface area contributed by atoms with Crippen molar-refractivity contribution in [3.63, 3.8) is 0 Å². The number of sulfonamides is 1. The largest absolute Gasteiger partial charge is 0.480 e. The van der Waals surface area contributed by atoms with Gasteiger partial charge in [-0.25, -0.2) is 8.42 Å². The normalized spacial score (nSPS) is 24.1. The predicted molar refractivity (Wildman–Crippen MR) is 83.2 cm³/mol. The maximum absolute atomic E-state index is 12.4. The van der Waals surface area contributed by atoms with E-state index in [1.54, 1.807) is 24.3 Å². The number of aliphatic carboxylic acids is 1. The second kappa shape index (κ2) is 5.08. The standard InChI is InChI=1S/C14H14N2O4S2/c15-11-6-7-12(21-11)22(19,20)16-14(13(17)18)8-10(14)9-4-2-1-3-5-9/h1-7,10,16H,8,15H2,(H,17,18)/t10-,14+/m0/s1. The minimum Gasteiger partial charge on any atom is -0.480 e. The molecule has 2 atom stereocenters. The molecule has 0 aliphatic heterocycles. The van der Waals surface area contributed by atoms with E-state index in [4.69, 9.17) is 5.73 Å². The Kier molecular flexibility index (Phi) is 3.47. The maximum atomic E-state index is 12.4. The number of carbonyl (C=O) groups is 1. The van der Waals surface area contributed by atoms with E-state index in [0.29, 0.717) is 5.00 Å². The van der Waals surface area contributed by atoms with Crippen molar-refractivity contribution in [3.05, 3.63) is 48.0 Å². The molecule has 0 spiro atoms. The molecular formula is C14H14N2O4S2. The second-order valence-electron chi connectivity index (χ2n) is 5.21. The van der Waals surface area contributed by atoms with Crippen LogP contribution in [0.3, 0.4) is 0 Å². The molecule has 1 aliphatic carbocycles. The highest BCUT2D eigenvalue weighted by Gasteiger charge is 2.63. The van der Waals surface area contributed by atoms with Crippen molar-refractivity contribution >= 4 is 32.3 Å². The Labute approximate surface area is 131 Å². The molecule has 1 fully saturated rings. The molecule has 4 N–H and O–H groups in total. The van der Waals surface area contributed by atoms with Gasteiger partial charge in [0.05, 0.1) is 5.00 Å². The molecule has 1 saturated carbocycles. The van der Waals surface area contributed by atoms with Gasteiger partial charge < -0.3 is 10.8 Å². The van der Waals surface area contributed by atoms with Crippen LogP contribution in [0.25, 0.3) is 0 Å². The van der Waals surface area contributed by atoms with Crippen LogP contribution < -0.4 is 10.5 Å². The average molecular weight is 338 g/mol. The van der Waals surface area contributed by atoms with Crippen molar-refractivity contribution < 1.29 is 18.3 Å². The third kappa shape index (κ3) is 2.49. The van der Waals surface area contributed by atoms with Crippen molar-refractivity contribution in [3.8, 4) is 0 Å². The molecule has 116 valence electrons. The number of carboxylic acid groups (broad SMARTS) is 1. The molecule has 2 aromatic rings. The van der Waals surface area contributed by atoms with Gasteiger partial charge >= 0.3 is 5.97 Å². The number of thiophene rings is 1. The molecule has 0 unspecified atom stereocenters. The molecule has 1 aliphatic rings. The highest BCUT2D eigenvalue weighted by molar-refractivity contribution is 7.91. The molecule has 0 saturated heterocycles. The minimum absolute atomic E-state index is 0.0179. The summed E-state index contributed by atoms with van der Waals surface area (Å²) in [6.07, 6.45) is 0.229. The van der Waals surface area contributed by atoms with Crippen LogP contribution in [-0.4, -0.2) is 25.0 Å². The lowest BCUT2D eigenvalue weighted by Gasteiger charge is -2.14. The first-order chi connectivity index (χ1) is 10.3. The van der Waals surface area contributed by atoms with Crippen LogP contribution in [0.2, 0.25) is 0 Å². The third-order valence-electron chi connectivity index (χ3n) is 3.73. The van der Waals surface area contributed by atoms with Gasteiger partial charge in [-0.1, -0.05) is 30.3 Å². The fourth-order valence-electron chi connectivity index (χ4n) is 2.51. The lowest BCUT2D eigenvalue weighted by atomic mass is 10.1. The van der Waals surface area contributed by atoms with Crippen molar-refractivity contribution in [1.82, 2.24) is 4.72 Å². The van der Waals surface area contributed by atoms with E-state index in [9.17, 15) is 18.3 Å². The van der Waals surface area contributed by atoms with Gasteiger partial charge in [-0.2, -0.15) is 4.72 Å². The van der Waals surface area contributed by atoms with E-state index in [1.165, 1.54) is 12.1 Å². The number of hydrogen-bond donors (Lipinski definition) is 3. The monoisotopic (exact) mass is 338 g/mol. The van der Waals surface area contributed by atoms with Gasteiger partial charge in [-0.05, 0) is 24.1 Å². The number of hydrogen-bond acceptors (Lipinski definition) is 5. The lowest BCUT2D eigenvalue weighted by molar-refractivity contribution is -0.140. The van der Waals surface area contributed by atoms with E-state index in [2.05, 4.69) is 4.72 Å². The van der Waals surface area contributed by atoms with Crippen molar-refractivity contribution in [2.24, 2.45) is 0 Å². The fraction of sp³-hybridized carbons (Fsp3) is 0.214. The number of carboxylic acids is 1. The SMILES string of the molecule is Nc1ccc(S(=O)(=O)N[C@]2(C(=O)O)C[C@H]2c2ccccc2)s1. The van der Waals surface area contributed by atoms with Gasteiger partial charge in [0.15, 0.2) is 0 Å². The molecule has 3 rings (SSSR count). The summed E-state index contributed by atoms with van der Waals surface area (Å²) in [5, 5.41) is 9.86. The summed E-state index contributed by atoms with van der Waals surface area (Å²) in [6, 6.07) is 11.9. The highest BCUT2D eigenvalue weighted by Crippen LogP contribution is 2.52. The summed E-state index contributed by atoms with van der Waals surface area (Å²) < 4.78 is 27.1. The molecule has 0 bridgehead atoms. The van der Waals surface area contributed by atoms with Crippen LogP contribution in [0.1, 0.15) is 17.9 Å². The number of nitrogens with two attached hydrogens (primary N) is 1. The van der Waals surface area contributed by atoms with Crippen LogP contribution in [0.5, 0.6) is 0 Å². The summed E-state index contributed by atoms with van der Waals surface area (Å²) >= 11 is 0.906. The van der Waals surface area contributed by atoms with Crippen molar-refractivity contribution in [2.75, 3.05) is 5.73 Å². The number of nitrogens with one attached hydrogen (secondary N) is 1. The van der Waals surface area contributed by atoms with Gasteiger partial charge in [-0.3, -0.25) is 4.79 Å². The van der Waals surface area contributed by atoms with Crippen LogP contribution in [0.15, 0.2) is 46.7 Å². The predicted octanol–water partition coefficient (Wildman–Crippen LogP) is 1.62.